The number of nitrogens with zero attached hydrogens (tertiary/aromatic N) is 2. The molecular formula is C11H21ClN4O. The summed E-state index contributed by atoms with van der Waals surface area (Å²) >= 11 is 5.61. The first kappa shape index (κ1) is 18.0. The van der Waals surface area contributed by atoms with E-state index in [1.54, 1.807) is 0 Å². The number of hydrogen-bond donors (Lipinski definition) is 2. The third-order valence-electron chi connectivity index (χ3n) is 1.49. The molecule has 0 radical (unpaired) electrons. The molecule has 0 bridgehead atoms. The van der Waals surface area contributed by atoms with Crippen molar-refractivity contribution in [1.82, 2.24) is 9.99 Å². The van der Waals surface area contributed by atoms with E-state index < -0.39 is 5.91 Å². The van der Waals surface area contributed by atoms with Gasteiger partial charge in [-0.3, -0.25) is 9.80 Å². The van der Waals surface area contributed by atoms with Crippen molar-refractivity contribution in [2.24, 2.45) is 5.84 Å². The highest BCUT2D eigenvalue weighted by Crippen LogP contribution is 2.19. The summed E-state index contributed by atoms with van der Waals surface area (Å²) in [5, 5.41) is 1.04. The van der Waals surface area contributed by atoms with E-state index in [1.807, 2.05) is 27.7 Å². The van der Waals surface area contributed by atoms with Crippen LogP contribution in [0, 0.1) is 0 Å². The van der Waals surface area contributed by atoms with Gasteiger partial charge < -0.3 is 5.73 Å². The minimum atomic E-state index is -0.401. The molecule has 0 aliphatic rings. The monoisotopic (exact) mass is 260 g/mol. The molecule has 1 amide bonds. The lowest BCUT2D eigenvalue weighted by Crippen LogP contribution is -2.33. The first-order valence-corrected chi connectivity index (χ1v) is 5.84. The number of halogens is 1. The molecule has 5 nitrogen and oxygen atoms in total. The number of rotatable bonds is 1. The SMILES string of the molecule is CC.CC.CN(N)C(=O)c1ccnc(Cl)c1N. The first-order valence-electron chi connectivity index (χ1n) is 5.46. The molecule has 17 heavy (non-hydrogen) atoms. The first-order chi connectivity index (χ1) is 8.04. The Bertz CT molecular complexity index is 342. The van der Waals surface area contributed by atoms with Crippen LogP contribution in [0.2, 0.25) is 5.15 Å². The van der Waals surface area contributed by atoms with Gasteiger partial charge in [0.25, 0.3) is 5.91 Å². The summed E-state index contributed by atoms with van der Waals surface area (Å²) < 4.78 is 0. The molecule has 98 valence electrons. The summed E-state index contributed by atoms with van der Waals surface area (Å²) in [6.45, 7) is 8.00. The van der Waals surface area contributed by atoms with Crippen molar-refractivity contribution in [3.8, 4) is 0 Å². The van der Waals surface area contributed by atoms with Gasteiger partial charge in [0.15, 0.2) is 5.15 Å². The zero-order valence-electron chi connectivity index (χ0n) is 11.0. The molecule has 1 aromatic heterocycles. The highest BCUT2D eigenvalue weighted by atomic mass is 35.5. The fourth-order valence-electron chi connectivity index (χ4n) is 0.824. The third kappa shape index (κ3) is 5.51. The van der Waals surface area contributed by atoms with Crippen LogP contribution in [0.1, 0.15) is 38.1 Å². The summed E-state index contributed by atoms with van der Waals surface area (Å²) in [7, 11) is 1.43. The van der Waals surface area contributed by atoms with E-state index in [2.05, 4.69) is 4.98 Å². The van der Waals surface area contributed by atoms with Crippen LogP contribution in [0.3, 0.4) is 0 Å². The van der Waals surface area contributed by atoms with Gasteiger partial charge >= 0.3 is 0 Å². The Labute approximate surface area is 108 Å². The number of hydrazine groups is 1. The second kappa shape index (κ2) is 9.86. The van der Waals surface area contributed by atoms with Crippen LogP contribution in [0.4, 0.5) is 5.69 Å². The van der Waals surface area contributed by atoms with Gasteiger partial charge in [0.05, 0.1) is 11.3 Å². The van der Waals surface area contributed by atoms with Crippen molar-refractivity contribution in [2.75, 3.05) is 12.8 Å². The summed E-state index contributed by atoms with van der Waals surface area (Å²) in [4.78, 5) is 15.1. The van der Waals surface area contributed by atoms with Crippen molar-refractivity contribution in [3.63, 3.8) is 0 Å². The van der Waals surface area contributed by atoms with E-state index in [9.17, 15) is 4.79 Å². The molecule has 0 fully saturated rings. The number of amides is 1. The Balaban J connectivity index is 0. The second-order valence-corrected chi connectivity index (χ2v) is 2.84. The smallest absolute Gasteiger partial charge is 0.269 e. The van der Waals surface area contributed by atoms with Gasteiger partial charge in [-0.25, -0.2) is 10.8 Å². The average molecular weight is 261 g/mol. The molecule has 0 aliphatic heterocycles. The highest BCUT2D eigenvalue weighted by molar-refractivity contribution is 6.32. The summed E-state index contributed by atoms with van der Waals surface area (Å²) in [5.41, 5.74) is 5.92. The predicted molar refractivity (Wildman–Crippen MR) is 72.6 cm³/mol. The van der Waals surface area contributed by atoms with Crippen molar-refractivity contribution in [1.29, 1.82) is 0 Å². The van der Waals surface area contributed by atoms with Crippen molar-refractivity contribution in [2.45, 2.75) is 27.7 Å². The summed E-state index contributed by atoms with van der Waals surface area (Å²) in [5.74, 6) is 4.85. The standard InChI is InChI=1S/C7H9ClN4O.2C2H6/c1-12(10)7(13)4-2-3-11-6(8)5(4)9;2*1-2/h2-3H,9-10H2,1H3;2*1-2H3. The fourth-order valence-corrected chi connectivity index (χ4v) is 0.982. The maximum atomic E-state index is 11.4. The van der Waals surface area contributed by atoms with Crippen LogP contribution in [0.25, 0.3) is 0 Å². The van der Waals surface area contributed by atoms with Gasteiger partial charge in [-0.1, -0.05) is 39.3 Å². The van der Waals surface area contributed by atoms with Gasteiger partial charge in [0.2, 0.25) is 0 Å². The van der Waals surface area contributed by atoms with Crippen molar-refractivity contribution in [3.05, 3.63) is 23.0 Å². The zero-order chi connectivity index (χ0) is 14.0. The van der Waals surface area contributed by atoms with Crippen LogP contribution >= 0.6 is 11.6 Å². The van der Waals surface area contributed by atoms with Crippen molar-refractivity contribution >= 4 is 23.2 Å². The minimum absolute atomic E-state index is 0.104. The normalized spacial score (nSPS) is 8.18. The maximum absolute atomic E-state index is 11.4. The molecule has 6 heteroatoms. The van der Waals surface area contributed by atoms with Gasteiger partial charge in [0, 0.05) is 13.2 Å². The third-order valence-corrected chi connectivity index (χ3v) is 1.79. The lowest BCUT2D eigenvalue weighted by molar-refractivity contribution is 0.0796. The van der Waals surface area contributed by atoms with Crippen LogP contribution in [0.15, 0.2) is 12.3 Å². The molecule has 0 unspecified atom stereocenters. The number of nitrogen functional groups attached to an aromatic ring is 1. The van der Waals surface area contributed by atoms with Gasteiger partial charge in [-0.05, 0) is 6.07 Å². The Hall–Kier alpha value is -1.33. The topological polar surface area (TPSA) is 85.2 Å². The number of hydrogen-bond acceptors (Lipinski definition) is 4. The average Bonchev–Trinajstić information content (AvgIpc) is 2.36. The van der Waals surface area contributed by atoms with Gasteiger partial charge in [-0.2, -0.15) is 0 Å². The largest absolute Gasteiger partial charge is 0.396 e. The summed E-state index contributed by atoms with van der Waals surface area (Å²) in [6.07, 6.45) is 1.40. The Morgan fingerprint density at radius 2 is 1.82 bits per heavy atom. The van der Waals surface area contributed by atoms with E-state index in [0.717, 1.165) is 5.01 Å². The lowest BCUT2D eigenvalue weighted by Gasteiger charge is -2.11. The van der Waals surface area contributed by atoms with Crippen LogP contribution in [0.5, 0.6) is 0 Å². The Morgan fingerprint density at radius 3 is 2.24 bits per heavy atom. The second-order valence-electron chi connectivity index (χ2n) is 2.48. The van der Waals surface area contributed by atoms with E-state index in [1.165, 1.54) is 19.3 Å². The van der Waals surface area contributed by atoms with Crippen LogP contribution in [-0.4, -0.2) is 22.9 Å². The Morgan fingerprint density at radius 1 is 1.35 bits per heavy atom. The van der Waals surface area contributed by atoms with Gasteiger partial charge in [0.1, 0.15) is 0 Å². The number of carbonyl (C=O) groups excluding carboxylic acids is 1. The molecule has 0 spiro atoms. The van der Waals surface area contributed by atoms with Crippen LogP contribution < -0.4 is 11.6 Å². The van der Waals surface area contributed by atoms with Crippen molar-refractivity contribution < 1.29 is 4.79 Å². The molecule has 4 N–H and O–H groups in total. The minimum Gasteiger partial charge on any atom is -0.396 e. The van der Waals surface area contributed by atoms with E-state index >= 15 is 0 Å². The lowest BCUT2D eigenvalue weighted by atomic mass is 10.2. The molecular weight excluding hydrogens is 240 g/mol. The van der Waals surface area contributed by atoms with E-state index in [4.69, 9.17) is 23.2 Å². The number of aromatic nitrogens is 1. The van der Waals surface area contributed by atoms with Crippen LogP contribution in [-0.2, 0) is 0 Å². The number of carbonyl (C=O) groups is 1. The molecule has 1 aromatic rings. The molecule has 1 rings (SSSR count). The molecule has 0 saturated heterocycles. The molecule has 0 atom stereocenters. The molecule has 0 saturated carbocycles. The predicted octanol–water partition coefficient (Wildman–Crippen LogP) is 2.32. The molecule has 1 heterocycles. The Kier molecular flexibility index (Phi) is 10.5. The number of pyridine rings is 1. The molecule has 0 aliphatic carbocycles. The maximum Gasteiger partial charge on any atom is 0.269 e. The number of nitrogens with two attached hydrogens (primary N) is 2. The van der Waals surface area contributed by atoms with E-state index in [0.29, 0.717) is 0 Å². The zero-order valence-corrected chi connectivity index (χ0v) is 11.7. The molecule has 0 aromatic carbocycles. The summed E-state index contributed by atoms with van der Waals surface area (Å²) in [6, 6.07) is 1.47. The fraction of sp³-hybridized carbons (Fsp3) is 0.455. The number of anilines is 1. The quantitative estimate of drug-likeness (QED) is 0.351. The highest BCUT2D eigenvalue weighted by Gasteiger charge is 2.14. The van der Waals surface area contributed by atoms with Gasteiger partial charge in [-0.15, -0.1) is 0 Å². The van der Waals surface area contributed by atoms with E-state index in [-0.39, 0.29) is 16.4 Å².